The number of nitrogens with zero attached hydrogens (tertiary/aromatic N) is 2. The summed E-state index contributed by atoms with van der Waals surface area (Å²) in [5.41, 5.74) is 5.57. The molecule has 1 aromatic heterocycles. The molecule has 0 bridgehead atoms. The van der Waals surface area contributed by atoms with Gasteiger partial charge in [-0.15, -0.1) is 0 Å². The molecule has 2 N–H and O–H groups in total. The summed E-state index contributed by atoms with van der Waals surface area (Å²) in [6.45, 7) is 1.01. The normalized spacial score (nSPS) is 10.5. The summed E-state index contributed by atoms with van der Waals surface area (Å²) in [4.78, 5) is 16.1. The molecule has 2 aromatic rings. The first-order valence-electron chi connectivity index (χ1n) is 5.75. The van der Waals surface area contributed by atoms with E-state index in [4.69, 9.17) is 10.5 Å². The topological polar surface area (TPSA) is 70.1 Å². The Hall–Kier alpha value is -2.21. The van der Waals surface area contributed by atoms with Crippen molar-refractivity contribution >= 4 is 5.78 Å². The van der Waals surface area contributed by atoms with Crippen LogP contribution in [0.4, 0.5) is 4.39 Å². The van der Waals surface area contributed by atoms with Gasteiger partial charge in [0.15, 0.2) is 0 Å². The number of rotatable bonds is 5. The minimum Gasteiger partial charge on any atom is -0.497 e. The highest BCUT2D eigenvalue weighted by atomic mass is 19.1. The van der Waals surface area contributed by atoms with Crippen molar-refractivity contribution in [2.24, 2.45) is 5.73 Å². The second-order valence-electron chi connectivity index (χ2n) is 3.96. The number of methoxy groups -OCH3 is 1. The number of ketones is 1. The van der Waals surface area contributed by atoms with E-state index in [2.05, 4.69) is 4.98 Å². The van der Waals surface area contributed by atoms with Gasteiger partial charge >= 0.3 is 0 Å². The zero-order chi connectivity index (χ0) is 13.8. The van der Waals surface area contributed by atoms with Crippen LogP contribution in [0.2, 0.25) is 0 Å². The SMILES string of the molecule is COc1ccc(C(=O)c2cn(CCN)cn2)c(F)c1. The van der Waals surface area contributed by atoms with Crippen molar-refractivity contribution in [3.8, 4) is 5.75 Å². The number of hydrogen-bond donors (Lipinski definition) is 1. The summed E-state index contributed by atoms with van der Waals surface area (Å²) in [6, 6.07) is 4.09. The predicted molar refractivity (Wildman–Crippen MR) is 67.7 cm³/mol. The van der Waals surface area contributed by atoms with E-state index in [1.54, 1.807) is 10.8 Å². The van der Waals surface area contributed by atoms with Crippen LogP contribution >= 0.6 is 0 Å². The Balaban J connectivity index is 2.27. The molecule has 1 aromatic carbocycles. The molecular formula is C13H14FN3O2. The average molecular weight is 263 g/mol. The number of halogens is 1. The Kier molecular flexibility index (Phi) is 3.91. The number of imidazole rings is 1. The zero-order valence-electron chi connectivity index (χ0n) is 10.5. The molecular weight excluding hydrogens is 249 g/mol. The van der Waals surface area contributed by atoms with Gasteiger partial charge in [-0.3, -0.25) is 4.79 Å². The van der Waals surface area contributed by atoms with E-state index in [1.165, 1.54) is 31.6 Å². The van der Waals surface area contributed by atoms with E-state index in [0.29, 0.717) is 18.8 Å². The third kappa shape index (κ3) is 2.79. The summed E-state index contributed by atoms with van der Waals surface area (Å²) in [7, 11) is 1.44. The van der Waals surface area contributed by atoms with Crippen molar-refractivity contribution in [2.45, 2.75) is 6.54 Å². The molecule has 0 aliphatic rings. The van der Waals surface area contributed by atoms with Crippen LogP contribution in [-0.4, -0.2) is 29.0 Å². The van der Waals surface area contributed by atoms with Crippen molar-refractivity contribution in [1.29, 1.82) is 0 Å². The molecule has 0 aliphatic carbocycles. The standard InChI is InChI=1S/C13H14FN3O2/c1-19-9-2-3-10(11(14)6-9)13(18)12-7-17(5-4-15)8-16-12/h2-3,6-8H,4-5,15H2,1H3. The summed E-state index contributed by atoms with van der Waals surface area (Å²) in [6.07, 6.45) is 3.06. The Morgan fingerprint density at radius 2 is 2.32 bits per heavy atom. The van der Waals surface area contributed by atoms with E-state index in [0.717, 1.165) is 0 Å². The molecule has 0 amide bonds. The zero-order valence-corrected chi connectivity index (χ0v) is 10.5. The van der Waals surface area contributed by atoms with Gasteiger partial charge in [0, 0.05) is 25.4 Å². The average Bonchev–Trinajstić information content (AvgIpc) is 2.87. The van der Waals surface area contributed by atoms with Crippen molar-refractivity contribution in [3.05, 3.63) is 47.8 Å². The fraction of sp³-hybridized carbons (Fsp3) is 0.231. The highest BCUT2D eigenvalue weighted by Gasteiger charge is 2.17. The number of carbonyl (C=O) groups is 1. The lowest BCUT2D eigenvalue weighted by molar-refractivity contribution is 0.103. The van der Waals surface area contributed by atoms with E-state index >= 15 is 0 Å². The largest absolute Gasteiger partial charge is 0.497 e. The van der Waals surface area contributed by atoms with Crippen LogP contribution in [-0.2, 0) is 6.54 Å². The van der Waals surface area contributed by atoms with Crippen LogP contribution in [0.15, 0.2) is 30.7 Å². The number of nitrogens with two attached hydrogens (primary N) is 1. The smallest absolute Gasteiger partial charge is 0.215 e. The first-order valence-corrected chi connectivity index (χ1v) is 5.75. The molecule has 100 valence electrons. The van der Waals surface area contributed by atoms with Crippen LogP contribution in [0.3, 0.4) is 0 Å². The Labute approximate surface area is 109 Å². The Morgan fingerprint density at radius 1 is 1.53 bits per heavy atom. The first-order chi connectivity index (χ1) is 9.15. The number of benzene rings is 1. The van der Waals surface area contributed by atoms with Gasteiger partial charge in [-0.25, -0.2) is 9.37 Å². The summed E-state index contributed by atoms with van der Waals surface area (Å²) in [5, 5.41) is 0. The van der Waals surface area contributed by atoms with Gasteiger partial charge in [0.2, 0.25) is 5.78 Å². The molecule has 6 heteroatoms. The fourth-order valence-electron chi connectivity index (χ4n) is 1.69. The minimum atomic E-state index is -0.627. The first kappa shape index (κ1) is 13.2. The molecule has 0 radical (unpaired) electrons. The molecule has 0 unspecified atom stereocenters. The van der Waals surface area contributed by atoms with Gasteiger partial charge < -0.3 is 15.0 Å². The highest BCUT2D eigenvalue weighted by molar-refractivity contribution is 6.07. The third-order valence-corrected chi connectivity index (χ3v) is 2.67. The van der Waals surface area contributed by atoms with Crippen LogP contribution in [0.1, 0.15) is 16.1 Å². The van der Waals surface area contributed by atoms with Crippen molar-refractivity contribution in [1.82, 2.24) is 9.55 Å². The van der Waals surface area contributed by atoms with E-state index in [1.807, 2.05) is 0 Å². The highest BCUT2D eigenvalue weighted by Crippen LogP contribution is 2.18. The summed E-state index contributed by atoms with van der Waals surface area (Å²) >= 11 is 0. The minimum absolute atomic E-state index is 0.0289. The monoisotopic (exact) mass is 263 g/mol. The lowest BCUT2D eigenvalue weighted by atomic mass is 10.1. The maximum Gasteiger partial charge on any atom is 0.215 e. The molecule has 0 spiro atoms. The summed E-state index contributed by atoms with van der Waals surface area (Å²) in [5.74, 6) is -0.726. The van der Waals surface area contributed by atoms with Crippen LogP contribution in [0, 0.1) is 5.82 Å². The molecule has 0 atom stereocenters. The van der Waals surface area contributed by atoms with Crippen LogP contribution in [0.5, 0.6) is 5.75 Å². The lowest BCUT2D eigenvalue weighted by Gasteiger charge is -2.03. The molecule has 19 heavy (non-hydrogen) atoms. The molecule has 5 nitrogen and oxygen atoms in total. The van der Waals surface area contributed by atoms with Gasteiger partial charge in [0.25, 0.3) is 0 Å². The van der Waals surface area contributed by atoms with E-state index in [-0.39, 0.29) is 11.3 Å². The number of aromatic nitrogens is 2. The quantitative estimate of drug-likeness (QED) is 0.823. The van der Waals surface area contributed by atoms with Crippen molar-refractivity contribution in [2.75, 3.05) is 13.7 Å². The third-order valence-electron chi connectivity index (χ3n) is 2.67. The molecule has 0 aliphatic heterocycles. The van der Waals surface area contributed by atoms with Crippen molar-refractivity contribution in [3.63, 3.8) is 0 Å². The Morgan fingerprint density at radius 3 is 2.95 bits per heavy atom. The fourth-order valence-corrected chi connectivity index (χ4v) is 1.69. The van der Waals surface area contributed by atoms with Gasteiger partial charge in [-0.1, -0.05) is 0 Å². The maximum absolute atomic E-state index is 13.8. The van der Waals surface area contributed by atoms with Gasteiger partial charge in [-0.2, -0.15) is 0 Å². The van der Waals surface area contributed by atoms with E-state index < -0.39 is 11.6 Å². The molecule has 0 saturated heterocycles. The number of ether oxygens (including phenoxy) is 1. The molecule has 1 heterocycles. The van der Waals surface area contributed by atoms with Crippen LogP contribution < -0.4 is 10.5 Å². The van der Waals surface area contributed by atoms with Gasteiger partial charge in [0.1, 0.15) is 17.3 Å². The van der Waals surface area contributed by atoms with Gasteiger partial charge in [0.05, 0.1) is 19.0 Å². The lowest BCUT2D eigenvalue weighted by Crippen LogP contribution is -2.08. The second-order valence-corrected chi connectivity index (χ2v) is 3.96. The second kappa shape index (κ2) is 5.62. The predicted octanol–water partition coefficient (Wildman–Crippen LogP) is 1.22. The summed E-state index contributed by atoms with van der Waals surface area (Å²) < 4.78 is 20.3. The van der Waals surface area contributed by atoms with E-state index in [9.17, 15) is 9.18 Å². The van der Waals surface area contributed by atoms with Crippen molar-refractivity contribution < 1.29 is 13.9 Å². The van der Waals surface area contributed by atoms with Crippen LogP contribution in [0.25, 0.3) is 0 Å². The maximum atomic E-state index is 13.8. The number of carbonyl (C=O) groups excluding carboxylic acids is 1. The molecule has 0 saturated carbocycles. The molecule has 2 rings (SSSR count). The number of hydrogen-bond acceptors (Lipinski definition) is 4. The van der Waals surface area contributed by atoms with Gasteiger partial charge in [-0.05, 0) is 12.1 Å². The Bertz CT molecular complexity index is 595. The molecule has 0 fully saturated rings.